The van der Waals surface area contributed by atoms with Crippen molar-refractivity contribution in [3.05, 3.63) is 41.5 Å². The van der Waals surface area contributed by atoms with Gasteiger partial charge in [0, 0.05) is 0 Å². The van der Waals surface area contributed by atoms with Gasteiger partial charge in [-0.25, -0.2) is 0 Å². The number of rotatable bonds is 2. The average molecular weight is 157 g/mol. The zero-order chi connectivity index (χ0) is 8.81. The van der Waals surface area contributed by atoms with Crippen LogP contribution >= 0.6 is 0 Å². The normalized spacial score (nSPS) is 10.0. The average Bonchev–Trinajstić information content (AvgIpc) is 2.15. The lowest BCUT2D eigenvalue weighted by atomic mass is 10.1. The summed E-state index contributed by atoms with van der Waals surface area (Å²) in [6.45, 7) is 2.07. The summed E-state index contributed by atoms with van der Waals surface area (Å²) in [5.41, 5.74) is 1.74. The molecule has 0 radical (unpaired) electrons. The zero-order valence-corrected chi connectivity index (χ0v) is 7.12. The van der Waals surface area contributed by atoms with Crippen LogP contribution in [0.5, 0.6) is 0 Å². The third-order valence-electron chi connectivity index (χ3n) is 1.61. The maximum Gasteiger partial charge on any atom is 0.0997 e. The van der Waals surface area contributed by atoms with Crippen LogP contribution < -0.4 is 0 Å². The molecule has 1 nitrogen and oxygen atoms in total. The van der Waals surface area contributed by atoms with Crippen molar-refractivity contribution in [2.24, 2.45) is 0 Å². The van der Waals surface area contributed by atoms with Gasteiger partial charge in [-0.05, 0) is 18.1 Å². The molecule has 0 saturated carbocycles. The summed E-state index contributed by atoms with van der Waals surface area (Å²) < 4.78 is 0. The standard InChI is InChI=1S/C11H11N/c1-2-3-6-10-7-4-5-8-11(10)9-12/h3-8H,2H2,1H3. The Morgan fingerprint density at radius 1 is 1.42 bits per heavy atom. The molecule has 0 N–H and O–H groups in total. The van der Waals surface area contributed by atoms with Crippen LogP contribution in [0.15, 0.2) is 30.3 Å². The molecule has 1 rings (SSSR count). The molecule has 0 aromatic heterocycles. The van der Waals surface area contributed by atoms with Crippen LogP contribution in [0.4, 0.5) is 0 Å². The molecule has 1 aromatic carbocycles. The second-order valence-corrected chi connectivity index (χ2v) is 2.51. The van der Waals surface area contributed by atoms with Crippen LogP contribution in [0, 0.1) is 11.3 Å². The summed E-state index contributed by atoms with van der Waals surface area (Å²) in [4.78, 5) is 0. The molecule has 0 heterocycles. The first kappa shape index (κ1) is 8.55. The van der Waals surface area contributed by atoms with Crippen molar-refractivity contribution in [1.82, 2.24) is 0 Å². The van der Waals surface area contributed by atoms with E-state index in [0.29, 0.717) is 0 Å². The first-order valence-corrected chi connectivity index (χ1v) is 4.04. The molecule has 0 aliphatic heterocycles. The summed E-state index contributed by atoms with van der Waals surface area (Å²) in [7, 11) is 0. The number of benzene rings is 1. The van der Waals surface area contributed by atoms with E-state index in [1.807, 2.05) is 30.3 Å². The van der Waals surface area contributed by atoms with Crippen LogP contribution in [0.1, 0.15) is 24.5 Å². The van der Waals surface area contributed by atoms with Crippen molar-refractivity contribution in [2.75, 3.05) is 0 Å². The van der Waals surface area contributed by atoms with E-state index in [1.54, 1.807) is 0 Å². The van der Waals surface area contributed by atoms with Gasteiger partial charge in [0.1, 0.15) is 0 Å². The van der Waals surface area contributed by atoms with E-state index >= 15 is 0 Å². The third-order valence-corrected chi connectivity index (χ3v) is 1.61. The summed E-state index contributed by atoms with van der Waals surface area (Å²) in [6.07, 6.45) is 5.04. The Bertz CT molecular complexity index is 318. The lowest BCUT2D eigenvalue weighted by Gasteiger charge is -1.94. The lowest BCUT2D eigenvalue weighted by molar-refractivity contribution is 1.23. The third kappa shape index (κ3) is 1.96. The number of allylic oxidation sites excluding steroid dienone is 1. The first-order valence-electron chi connectivity index (χ1n) is 4.04. The fourth-order valence-corrected chi connectivity index (χ4v) is 0.989. The van der Waals surface area contributed by atoms with Crippen molar-refractivity contribution in [3.63, 3.8) is 0 Å². The Morgan fingerprint density at radius 3 is 2.83 bits per heavy atom. The Hall–Kier alpha value is -1.55. The molecule has 0 unspecified atom stereocenters. The van der Waals surface area contributed by atoms with Gasteiger partial charge in [-0.15, -0.1) is 0 Å². The molecule has 0 saturated heterocycles. The summed E-state index contributed by atoms with van der Waals surface area (Å²) >= 11 is 0. The molecule has 60 valence electrons. The van der Waals surface area contributed by atoms with E-state index in [9.17, 15) is 0 Å². The smallest absolute Gasteiger partial charge is 0.0997 e. The van der Waals surface area contributed by atoms with Crippen LogP contribution in [0.3, 0.4) is 0 Å². The predicted octanol–water partition coefficient (Wildman–Crippen LogP) is 2.98. The molecule has 12 heavy (non-hydrogen) atoms. The molecule has 0 fully saturated rings. The van der Waals surface area contributed by atoms with Crippen molar-refractivity contribution < 1.29 is 0 Å². The fraction of sp³-hybridized carbons (Fsp3) is 0.182. The molecule has 0 bridgehead atoms. The highest BCUT2D eigenvalue weighted by Gasteiger charge is 1.93. The van der Waals surface area contributed by atoms with Gasteiger partial charge in [0.05, 0.1) is 11.6 Å². The maximum absolute atomic E-state index is 8.73. The molecular formula is C11H11N. The first-order chi connectivity index (χ1) is 5.88. The molecule has 0 aliphatic carbocycles. The molecular weight excluding hydrogens is 146 g/mol. The van der Waals surface area contributed by atoms with Gasteiger partial charge >= 0.3 is 0 Å². The number of nitriles is 1. The minimum atomic E-state index is 0.738. The van der Waals surface area contributed by atoms with E-state index in [4.69, 9.17) is 5.26 Å². The maximum atomic E-state index is 8.73. The van der Waals surface area contributed by atoms with Gasteiger partial charge in [-0.1, -0.05) is 37.3 Å². The van der Waals surface area contributed by atoms with Crippen LogP contribution in [0.25, 0.3) is 6.08 Å². The summed E-state index contributed by atoms with van der Waals surface area (Å²) in [6, 6.07) is 9.75. The van der Waals surface area contributed by atoms with E-state index in [0.717, 1.165) is 17.5 Å². The monoisotopic (exact) mass is 157 g/mol. The minimum absolute atomic E-state index is 0.738. The van der Waals surface area contributed by atoms with E-state index in [1.165, 1.54) is 0 Å². The van der Waals surface area contributed by atoms with E-state index < -0.39 is 0 Å². The lowest BCUT2D eigenvalue weighted by Crippen LogP contribution is -1.79. The van der Waals surface area contributed by atoms with Crippen LogP contribution in [-0.4, -0.2) is 0 Å². The molecule has 0 aliphatic rings. The summed E-state index contributed by atoms with van der Waals surface area (Å²) in [5.74, 6) is 0. The zero-order valence-electron chi connectivity index (χ0n) is 7.12. The Balaban J connectivity index is 2.99. The number of hydrogen-bond acceptors (Lipinski definition) is 1. The number of hydrogen-bond donors (Lipinski definition) is 0. The molecule has 0 atom stereocenters. The fourth-order valence-electron chi connectivity index (χ4n) is 0.989. The summed E-state index contributed by atoms with van der Waals surface area (Å²) in [5, 5.41) is 8.73. The van der Waals surface area contributed by atoms with Gasteiger partial charge < -0.3 is 0 Å². The highest BCUT2D eigenvalue weighted by atomic mass is 14.2. The molecule has 1 aromatic rings. The van der Waals surface area contributed by atoms with Crippen LogP contribution in [0.2, 0.25) is 0 Å². The quantitative estimate of drug-likeness (QED) is 0.647. The second kappa shape index (κ2) is 4.35. The molecule has 0 amide bonds. The van der Waals surface area contributed by atoms with Crippen molar-refractivity contribution in [2.45, 2.75) is 13.3 Å². The van der Waals surface area contributed by atoms with Gasteiger partial charge in [-0.3, -0.25) is 0 Å². The topological polar surface area (TPSA) is 23.8 Å². The predicted molar refractivity (Wildman–Crippen MR) is 50.5 cm³/mol. The highest BCUT2D eigenvalue weighted by Crippen LogP contribution is 2.09. The Labute approximate surface area is 73.0 Å². The van der Waals surface area contributed by atoms with Crippen LogP contribution in [-0.2, 0) is 0 Å². The largest absolute Gasteiger partial charge is 0.192 e. The number of nitrogens with zero attached hydrogens (tertiary/aromatic N) is 1. The van der Waals surface area contributed by atoms with Crippen molar-refractivity contribution >= 4 is 6.08 Å². The van der Waals surface area contributed by atoms with Gasteiger partial charge in [0.15, 0.2) is 0 Å². The van der Waals surface area contributed by atoms with Gasteiger partial charge in [-0.2, -0.15) is 5.26 Å². The Morgan fingerprint density at radius 2 is 2.17 bits per heavy atom. The molecule has 1 heteroatoms. The van der Waals surface area contributed by atoms with Gasteiger partial charge in [0.2, 0.25) is 0 Å². The Kier molecular flexibility index (Phi) is 3.10. The van der Waals surface area contributed by atoms with E-state index in [-0.39, 0.29) is 0 Å². The second-order valence-electron chi connectivity index (χ2n) is 2.51. The van der Waals surface area contributed by atoms with Gasteiger partial charge in [0.25, 0.3) is 0 Å². The molecule has 0 spiro atoms. The highest BCUT2D eigenvalue weighted by molar-refractivity contribution is 5.57. The minimum Gasteiger partial charge on any atom is -0.192 e. The van der Waals surface area contributed by atoms with Crippen molar-refractivity contribution in [1.29, 1.82) is 5.26 Å². The SMILES string of the molecule is CCC=Cc1ccccc1C#N. The van der Waals surface area contributed by atoms with E-state index in [2.05, 4.69) is 19.1 Å². The van der Waals surface area contributed by atoms with Crippen molar-refractivity contribution in [3.8, 4) is 6.07 Å².